The zero-order valence-corrected chi connectivity index (χ0v) is 48.0. The lowest BCUT2D eigenvalue weighted by Crippen LogP contribution is -2.58. The summed E-state index contributed by atoms with van der Waals surface area (Å²) in [6.07, 6.45) is 13.4. The van der Waals surface area contributed by atoms with E-state index in [-0.39, 0.29) is 77.0 Å². The molecule has 6 amide bonds. The zero-order valence-electron chi connectivity index (χ0n) is 48.0. The van der Waals surface area contributed by atoms with Gasteiger partial charge in [-0.3, -0.25) is 34.1 Å². The second kappa shape index (κ2) is 22.5. The van der Waals surface area contributed by atoms with Crippen molar-refractivity contribution in [2.24, 2.45) is 11.8 Å². The lowest BCUT2D eigenvalue weighted by Gasteiger charge is -2.48. The van der Waals surface area contributed by atoms with E-state index in [1.165, 1.54) is 25.3 Å². The molecule has 12 rings (SSSR count). The number of aromatic nitrogens is 4. The summed E-state index contributed by atoms with van der Waals surface area (Å²) in [7, 11) is 0. The quantitative estimate of drug-likeness (QED) is 0.101. The number of carbonyl (C=O) groups excluding carboxylic acids is 6. The van der Waals surface area contributed by atoms with Crippen molar-refractivity contribution in [2.45, 2.75) is 154 Å². The number of amides is 6. The summed E-state index contributed by atoms with van der Waals surface area (Å²) >= 11 is 0. The van der Waals surface area contributed by atoms with Gasteiger partial charge in [0.2, 0.25) is 29.5 Å². The maximum Gasteiger partial charge on any atom is 0.251 e. The number of pyridine rings is 2. The molecule has 0 bridgehead atoms. The maximum absolute atomic E-state index is 15.9. The monoisotopic (exact) mass is 1120 g/mol. The van der Waals surface area contributed by atoms with Crippen LogP contribution in [0.5, 0.6) is 0 Å². The lowest BCUT2D eigenvalue weighted by molar-refractivity contribution is -0.144. The van der Waals surface area contributed by atoms with Crippen LogP contribution in [0.3, 0.4) is 0 Å². The Morgan fingerprint density at radius 1 is 0.768 bits per heavy atom. The lowest BCUT2D eigenvalue weighted by atomic mass is 9.73. The molecule has 0 radical (unpaired) electrons. The molecule has 18 nitrogen and oxygen atoms in total. The number of likely N-dealkylation sites (tertiary alicyclic amines) is 3. The van der Waals surface area contributed by atoms with Gasteiger partial charge in [-0.25, -0.2) is 19.3 Å². The molecule has 19 heteroatoms. The summed E-state index contributed by atoms with van der Waals surface area (Å²) in [5, 5.41) is 8.63. The van der Waals surface area contributed by atoms with Gasteiger partial charge in [0.25, 0.3) is 5.91 Å². The van der Waals surface area contributed by atoms with E-state index in [0.717, 1.165) is 54.1 Å². The van der Waals surface area contributed by atoms with E-state index in [2.05, 4.69) is 61.6 Å². The number of benzene rings is 2. The van der Waals surface area contributed by atoms with E-state index in [1.807, 2.05) is 52.5 Å². The van der Waals surface area contributed by atoms with E-state index in [1.54, 1.807) is 25.5 Å². The number of fused-ring (bicyclic) bond motifs is 3. The van der Waals surface area contributed by atoms with Crippen molar-refractivity contribution < 1.29 is 33.2 Å². The minimum absolute atomic E-state index is 0.0136. The van der Waals surface area contributed by atoms with Gasteiger partial charge in [0.05, 0.1) is 34.6 Å². The number of nitrogens with one attached hydrogen (secondary N) is 3. The minimum atomic E-state index is -0.788. The first kappa shape index (κ1) is 55.3. The number of imidazole rings is 1. The maximum atomic E-state index is 15.9. The number of anilines is 4. The van der Waals surface area contributed by atoms with Gasteiger partial charge in [0.1, 0.15) is 17.2 Å². The van der Waals surface area contributed by atoms with Crippen LogP contribution in [0, 0.1) is 24.6 Å². The van der Waals surface area contributed by atoms with Crippen LogP contribution in [0.15, 0.2) is 61.1 Å². The average Bonchev–Trinajstić information content (AvgIpc) is 2.19. The molecule has 5 aromatic rings. The Labute approximate surface area is 479 Å². The number of imide groups is 1. The fourth-order valence-corrected chi connectivity index (χ4v) is 14.2. The summed E-state index contributed by atoms with van der Waals surface area (Å²) in [5.74, 6) is -0.418. The van der Waals surface area contributed by atoms with Gasteiger partial charge in [0.15, 0.2) is 5.82 Å². The number of aryl methyl sites for hydroxylation is 1. The molecule has 3 aromatic heterocycles. The van der Waals surface area contributed by atoms with Gasteiger partial charge in [-0.2, -0.15) is 0 Å². The molecular formula is C63H77FN12O6. The zero-order chi connectivity index (χ0) is 57.1. The van der Waals surface area contributed by atoms with Crippen LogP contribution in [-0.4, -0.2) is 140 Å². The number of halogens is 1. The van der Waals surface area contributed by atoms with Crippen molar-refractivity contribution in [2.75, 3.05) is 67.5 Å². The van der Waals surface area contributed by atoms with E-state index in [4.69, 9.17) is 9.97 Å². The number of piperidine rings is 5. The Morgan fingerprint density at radius 2 is 1.46 bits per heavy atom. The Bertz CT molecular complexity index is 3310. The number of hydrogen-bond acceptors (Lipinski definition) is 12. The Morgan fingerprint density at radius 3 is 2.12 bits per heavy atom. The highest BCUT2D eigenvalue weighted by molar-refractivity contribution is 6.10. The number of nitrogens with zero attached hydrogens (tertiary/aromatic N) is 9. The smallest absolute Gasteiger partial charge is 0.251 e. The molecule has 1 saturated carbocycles. The first-order chi connectivity index (χ1) is 39.5. The molecule has 7 aliphatic rings. The van der Waals surface area contributed by atoms with E-state index >= 15 is 9.18 Å². The fraction of sp³-hybridized carbons (Fsp3) is 0.540. The highest BCUT2D eigenvalue weighted by Gasteiger charge is 2.56. The third kappa shape index (κ3) is 10.4. The molecule has 1 aliphatic carbocycles. The number of hydrogen-bond donors (Lipinski definition) is 3. The highest BCUT2D eigenvalue weighted by atomic mass is 19.1. The summed E-state index contributed by atoms with van der Waals surface area (Å²) in [6.45, 7) is 15.2. The summed E-state index contributed by atoms with van der Waals surface area (Å²) in [4.78, 5) is 107. The fourth-order valence-electron chi connectivity index (χ4n) is 14.2. The highest BCUT2D eigenvalue weighted by Crippen LogP contribution is 2.52. The van der Waals surface area contributed by atoms with E-state index < -0.39 is 11.2 Å². The van der Waals surface area contributed by atoms with Crippen molar-refractivity contribution in [3.8, 4) is 11.3 Å². The van der Waals surface area contributed by atoms with Gasteiger partial charge in [-0.05, 0) is 165 Å². The largest absolute Gasteiger partial charge is 0.357 e. The normalized spacial score (nSPS) is 22.7. The van der Waals surface area contributed by atoms with Gasteiger partial charge < -0.3 is 39.7 Å². The van der Waals surface area contributed by atoms with Gasteiger partial charge in [0, 0.05) is 105 Å². The van der Waals surface area contributed by atoms with Crippen molar-refractivity contribution in [3.63, 3.8) is 0 Å². The topological polar surface area (TPSA) is 198 Å². The van der Waals surface area contributed by atoms with Crippen LogP contribution in [0.25, 0.3) is 22.3 Å². The number of rotatable bonds is 12. The Hall–Kier alpha value is -7.28. The SMILES string of the molecule is Cc1cc(F)c(Nc2nc(-c3ccc4c(c3)N(C3CC(N5CCCCC5)C3)C(=O)C43CCN(C(=O)C4CCN(C(=O)C5CCN(c6ccc(C7CCC(=O)NC7=O)cn6)CC5)CC4)CC3)cc3ncn(C(C)C)c23)cc1C(=O)NC(C)C. The molecule has 6 fully saturated rings. The Kier molecular flexibility index (Phi) is 15.1. The molecule has 82 heavy (non-hydrogen) atoms. The van der Waals surface area contributed by atoms with Crippen LogP contribution in [0.2, 0.25) is 0 Å². The van der Waals surface area contributed by atoms with E-state index in [0.29, 0.717) is 130 Å². The van der Waals surface area contributed by atoms with Crippen molar-refractivity contribution in [3.05, 3.63) is 89.1 Å². The molecular weight excluding hydrogens is 1040 g/mol. The van der Waals surface area contributed by atoms with Gasteiger partial charge in [-0.15, -0.1) is 0 Å². The van der Waals surface area contributed by atoms with Crippen LogP contribution in [0.1, 0.15) is 150 Å². The van der Waals surface area contributed by atoms with Crippen molar-refractivity contribution >= 4 is 69.5 Å². The van der Waals surface area contributed by atoms with Crippen LogP contribution in [0.4, 0.5) is 27.4 Å². The number of carbonyl (C=O) groups is 6. The van der Waals surface area contributed by atoms with Crippen LogP contribution < -0.4 is 25.8 Å². The van der Waals surface area contributed by atoms with E-state index in [9.17, 15) is 24.0 Å². The minimum Gasteiger partial charge on any atom is -0.357 e. The van der Waals surface area contributed by atoms with Gasteiger partial charge in [-0.1, -0.05) is 24.6 Å². The second-order valence-corrected chi connectivity index (χ2v) is 24.9. The molecule has 6 aliphatic heterocycles. The molecule has 1 spiro atoms. The standard InChI is InChI=1S/C63H77FN12O6/c1-37(2)67-59(79)47-33-51(49(64)29-39(47)5)69-57-56-52(66-36-75(56)38(3)4)34-50(68-57)42-9-12-48-53(30-42)76(45-31-44(32-45)71-21-7-6-8-22-71)62(82)63(48)19-27-74(28-20-63)61(81)41-17-25-73(26-18-41)60(80)40-15-23-72(24-16-40)54-13-10-43(35-65-54)46-11-14-55(77)70-58(46)78/h9-10,12-13,29-30,33-38,40-41,44-46H,6-8,11,14-28,31-32H2,1-5H3,(H,67,79)(H,68,69)(H,70,77,78). The van der Waals surface area contributed by atoms with Gasteiger partial charge >= 0.3 is 0 Å². The molecule has 2 aromatic carbocycles. The molecule has 9 heterocycles. The van der Waals surface area contributed by atoms with Crippen molar-refractivity contribution in [1.29, 1.82) is 0 Å². The molecule has 1 unspecified atom stereocenters. The van der Waals surface area contributed by atoms with Crippen molar-refractivity contribution in [1.82, 2.24) is 44.9 Å². The van der Waals surface area contributed by atoms with Crippen LogP contribution >= 0.6 is 0 Å². The summed E-state index contributed by atoms with van der Waals surface area (Å²) in [6, 6.07) is 15.3. The molecule has 3 N–H and O–H groups in total. The molecule has 1 atom stereocenters. The first-order valence-corrected chi connectivity index (χ1v) is 30.1. The first-order valence-electron chi connectivity index (χ1n) is 30.1. The third-order valence-electron chi connectivity index (χ3n) is 19.1. The molecule has 432 valence electrons. The average molecular weight is 1120 g/mol. The van der Waals surface area contributed by atoms with Crippen LogP contribution in [-0.2, 0) is 29.4 Å². The Balaban J connectivity index is 0.733. The summed E-state index contributed by atoms with van der Waals surface area (Å²) < 4.78 is 17.9. The predicted octanol–water partition coefficient (Wildman–Crippen LogP) is 8.30. The predicted molar refractivity (Wildman–Crippen MR) is 311 cm³/mol. The molecule has 5 saturated heterocycles. The third-order valence-corrected chi connectivity index (χ3v) is 19.1. The second-order valence-electron chi connectivity index (χ2n) is 24.9. The summed E-state index contributed by atoms with van der Waals surface area (Å²) in [5.41, 5.74) is 5.64.